The smallest absolute Gasteiger partial charge is 0.324 e. The standard InChI is InChI=1S/C53H66N10O7S/c1-8-42(64)60-27-53(28-60)13-15-61(51(53)68)44(30(2)3)48(65)56-38-23-41-55-39(26-71-41)32-20-31-11-12-40-47(69-7)43-35(22-33(25-54-43)59-18-16-58(6)17-19-59)46-36(34(21-32)45(31)63(40)46)24-52(4,5)29-70-50(67)37-10-9-14-62(57-37)49(38)66/h8,20-22,25-26,30,37-38,40,44,47,57H,1,9-19,23-24,27-29H2,2-7H3,(H,56,65)/t37-,38-,40?,44-,47-/m0/s1. The van der Waals surface area contributed by atoms with Crippen molar-refractivity contribution in [1.29, 1.82) is 0 Å². The normalized spacial score (nSPS) is 25.5. The number of hydrogen-bond acceptors (Lipinski definition) is 13. The summed E-state index contributed by atoms with van der Waals surface area (Å²) < 4.78 is 15.1. The van der Waals surface area contributed by atoms with Crippen molar-refractivity contribution in [3.8, 4) is 22.5 Å². The number of ether oxygens (including phenoxy) is 2. The maximum atomic E-state index is 14.8. The maximum absolute atomic E-state index is 14.8. The number of aryl methyl sites for hydroxylation is 1. The molecule has 18 heteroatoms. The second-order valence-corrected chi connectivity index (χ2v) is 23.1. The third kappa shape index (κ3) is 8.22. The fraction of sp³-hybridized carbons (Fsp3) is 0.566. The number of pyridine rings is 1. The number of esters is 1. The lowest BCUT2D eigenvalue weighted by atomic mass is 9.78. The largest absolute Gasteiger partial charge is 0.464 e. The van der Waals surface area contributed by atoms with Gasteiger partial charge >= 0.3 is 5.97 Å². The molecule has 4 amide bonds. The molecule has 6 bridgehead atoms. The fourth-order valence-electron chi connectivity index (χ4n) is 12.6. The zero-order valence-corrected chi connectivity index (χ0v) is 42.6. The summed E-state index contributed by atoms with van der Waals surface area (Å²) in [5, 5.41) is 8.37. The van der Waals surface area contributed by atoms with Gasteiger partial charge in [-0.05, 0) is 86.9 Å². The molecule has 1 unspecified atom stereocenters. The zero-order chi connectivity index (χ0) is 49.7. The van der Waals surface area contributed by atoms with Crippen molar-refractivity contribution >= 4 is 57.5 Å². The van der Waals surface area contributed by atoms with E-state index in [1.807, 2.05) is 25.4 Å². The average molecular weight is 987 g/mol. The Morgan fingerprint density at radius 1 is 1.06 bits per heavy atom. The lowest BCUT2D eigenvalue weighted by molar-refractivity contribution is -0.156. The molecule has 0 saturated carbocycles. The summed E-state index contributed by atoms with van der Waals surface area (Å²) in [7, 11) is 3.95. The van der Waals surface area contributed by atoms with Gasteiger partial charge < -0.3 is 39.0 Å². The molecular formula is C53H66N10O7S. The first kappa shape index (κ1) is 47.6. The Morgan fingerprint density at radius 3 is 2.59 bits per heavy atom. The number of nitrogens with one attached hydrogen (secondary N) is 2. The number of nitrogens with zero attached hydrogens (tertiary/aromatic N) is 8. The van der Waals surface area contributed by atoms with Gasteiger partial charge in [-0.2, -0.15) is 0 Å². The SMILES string of the molecule is C=CC(=O)N1CC2(CCN([C@H](C(=O)N[C@H]3Cc4nc(cs4)-c4cc5c6c(c4)c(c4n6C(CC5)[C@H](OC)c5ncc(N6CCN(C)CC6)cc5-4)CC(C)(C)COC(=O)[C@@H]4CCCN(N4)C3=O)C(C)C)C2=O)C1. The minimum Gasteiger partial charge on any atom is -0.464 e. The highest BCUT2D eigenvalue weighted by atomic mass is 32.1. The number of benzene rings is 1. The van der Waals surface area contributed by atoms with Crippen LogP contribution in [0.4, 0.5) is 5.69 Å². The molecule has 4 aromatic rings. The summed E-state index contributed by atoms with van der Waals surface area (Å²) in [6, 6.07) is 4.18. The highest BCUT2D eigenvalue weighted by Crippen LogP contribution is 2.54. The molecule has 17 nitrogen and oxygen atoms in total. The van der Waals surface area contributed by atoms with E-state index in [4.69, 9.17) is 19.4 Å². The fourth-order valence-corrected chi connectivity index (χ4v) is 13.4. The van der Waals surface area contributed by atoms with Crippen molar-refractivity contribution in [3.05, 3.63) is 64.3 Å². The first-order chi connectivity index (χ1) is 34.1. The highest BCUT2D eigenvalue weighted by Gasteiger charge is 2.58. The number of carbonyl (C=O) groups excluding carboxylic acids is 5. The van der Waals surface area contributed by atoms with Crippen LogP contribution in [0.15, 0.2) is 42.4 Å². The Hall–Kier alpha value is -5.69. The Kier molecular flexibility index (Phi) is 12.1. The molecule has 4 fully saturated rings. The van der Waals surface area contributed by atoms with Crippen LogP contribution in [0.3, 0.4) is 0 Å². The number of hydrazine groups is 1. The number of rotatable bonds is 7. The summed E-state index contributed by atoms with van der Waals surface area (Å²) in [5.74, 6) is -1.93. The van der Waals surface area contributed by atoms with Crippen LogP contribution in [0.1, 0.15) is 87.4 Å². The number of methoxy groups -OCH3 is 1. The molecule has 376 valence electrons. The zero-order valence-electron chi connectivity index (χ0n) is 41.8. The first-order valence-corrected chi connectivity index (χ1v) is 26.3. The van der Waals surface area contributed by atoms with Gasteiger partial charge in [0.15, 0.2) is 0 Å². The van der Waals surface area contributed by atoms with Gasteiger partial charge in [-0.3, -0.25) is 34.0 Å². The number of cyclic esters (lactones) is 1. The summed E-state index contributed by atoms with van der Waals surface area (Å²) >= 11 is 1.44. The van der Waals surface area contributed by atoms with E-state index in [0.29, 0.717) is 43.8 Å². The molecule has 11 rings (SSSR count). The minimum absolute atomic E-state index is 0.0362. The van der Waals surface area contributed by atoms with E-state index in [0.717, 1.165) is 78.3 Å². The molecule has 5 atom stereocenters. The second kappa shape index (κ2) is 18.1. The van der Waals surface area contributed by atoms with E-state index in [9.17, 15) is 24.0 Å². The number of likely N-dealkylation sites (N-methyl/N-ethyl adjacent to an activating group) is 1. The number of likely N-dealkylation sites (tertiary alicyclic amines) is 2. The average Bonchev–Trinajstić information content (AvgIpc) is 4.05. The third-order valence-electron chi connectivity index (χ3n) is 16.3. The Morgan fingerprint density at radius 2 is 1.85 bits per heavy atom. The third-order valence-corrected chi connectivity index (χ3v) is 17.2. The maximum Gasteiger partial charge on any atom is 0.324 e. The summed E-state index contributed by atoms with van der Waals surface area (Å²) in [4.78, 5) is 88.4. The Labute approximate surface area is 418 Å². The minimum atomic E-state index is -1.07. The van der Waals surface area contributed by atoms with Crippen LogP contribution in [0.2, 0.25) is 0 Å². The van der Waals surface area contributed by atoms with Crippen molar-refractivity contribution in [3.63, 3.8) is 0 Å². The quantitative estimate of drug-likeness (QED) is 0.194. The van der Waals surface area contributed by atoms with Crippen LogP contribution < -0.4 is 15.6 Å². The van der Waals surface area contributed by atoms with E-state index in [1.54, 1.807) is 16.9 Å². The second-order valence-electron chi connectivity index (χ2n) is 22.2. The molecule has 4 saturated heterocycles. The number of thiazole rings is 1. The molecule has 0 radical (unpaired) electrons. The number of fused-ring (bicyclic) bond motifs is 9. The van der Waals surface area contributed by atoms with E-state index < -0.39 is 46.7 Å². The molecular weight excluding hydrogens is 921 g/mol. The van der Waals surface area contributed by atoms with E-state index in [2.05, 4.69) is 70.8 Å². The lowest BCUT2D eigenvalue weighted by Gasteiger charge is -2.46. The molecule has 0 aliphatic carbocycles. The monoisotopic (exact) mass is 986 g/mol. The van der Waals surface area contributed by atoms with Gasteiger partial charge in [0.2, 0.25) is 17.7 Å². The number of piperazine rings is 1. The highest BCUT2D eigenvalue weighted by molar-refractivity contribution is 7.10. The Balaban J connectivity index is 0.976. The van der Waals surface area contributed by atoms with Crippen LogP contribution in [-0.4, -0.2) is 155 Å². The molecule has 3 aromatic heterocycles. The lowest BCUT2D eigenvalue weighted by Crippen LogP contribution is -2.64. The first-order valence-electron chi connectivity index (χ1n) is 25.4. The van der Waals surface area contributed by atoms with E-state index in [-0.39, 0.29) is 56.0 Å². The number of anilines is 1. The predicted octanol–water partition coefficient (Wildman–Crippen LogP) is 4.69. The van der Waals surface area contributed by atoms with Crippen molar-refractivity contribution in [1.82, 2.24) is 45.0 Å². The van der Waals surface area contributed by atoms with Gasteiger partial charge in [-0.1, -0.05) is 34.3 Å². The van der Waals surface area contributed by atoms with Crippen molar-refractivity contribution in [2.45, 2.75) is 103 Å². The number of carbonyl (C=O) groups is 5. The van der Waals surface area contributed by atoms with Crippen LogP contribution in [-0.2, 0) is 52.7 Å². The number of amides is 4. The molecule has 1 aromatic carbocycles. The molecule has 10 heterocycles. The predicted molar refractivity (Wildman–Crippen MR) is 269 cm³/mol. The summed E-state index contributed by atoms with van der Waals surface area (Å²) in [5.41, 5.74) is 11.6. The van der Waals surface area contributed by atoms with Crippen molar-refractivity contribution in [2.75, 3.05) is 78.0 Å². The Bertz CT molecular complexity index is 2840. The van der Waals surface area contributed by atoms with E-state index in [1.165, 1.54) is 39.1 Å². The van der Waals surface area contributed by atoms with E-state index >= 15 is 0 Å². The molecule has 7 aliphatic heterocycles. The van der Waals surface area contributed by atoms with Gasteiger partial charge in [0.25, 0.3) is 5.91 Å². The van der Waals surface area contributed by atoms with Crippen LogP contribution in [0, 0.1) is 16.7 Å². The number of hydrogen-bond donors (Lipinski definition) is 2. The summed E-state index contributed by atoms with van der Waals surface area (Å²) in [6.45, 7) is 16.9. The molecule has 71 heavy (non-hydrogen) atoms. The molecule has 7 aliphatic rings. The van der Waals surface area contributed by atoms with Crippen LogP contribution >= 0.6 is 11.3 Å². The van der Waals surface area contributed by atoms with Crippen LogP contribution in [0.25, 0.3) is 33.4 Å². The van der Waals surface area contributed by atoms with Gasteiger partial charge in [-0.25, -0.2) is 10.4 Å². The topological polar surface area (TPSA) is 175 Å². The van der Waals surface area contributed by atoms with Gasteiger partial charge in [0.05, 0.1) is 57.6 Å². The summed E-state index contributed by atoms with van der Waals surface area (Å²) in [6.07, 6.45) is 7.00. The van der Waals surface area contributed by atoms with Gasteiger partial charge in [-0.15, -0.1) is 11.3 Å². The van der Waals surface area contributed by atoms with Crippen molar-refractivity contribution in [2.24, 2.45) is 16.7 Å². The van der Waals surface area contributed by atoms with Crippen LogP contribution in [0.5, 0.6) is 0 Å². The van der Waals surface area contributed by atoms with Gasteiger partial charge in [0, 0.05) is 93.2 Å². The molecule has 1 spiro atoms. The number of aromatic nitrogens is 3. The van der Waals surface area contributed by atoms with Gasteiger partial charge in [0.1, 0.15) is 24.2 Å². The van der Waals surface area contributed by atoms with Crippen molar-refractivity contribution < 1.29 is 33.4 Å². The molecule has 2 N–H and O–H groups in total.